The van der Waals surface area contributed by atoms with Crippen molar-refractivity contribution in [2.45, 2.75) is 52.5 Å². The van der Waals surface area contributed by atoms with Crippen molar-refractivity contribution in [1.82, 2.24) is 0 Å². The molecule has 1 rings (SSSR count). The number of hydrogen-bond donors (Lipinski definition) is 1. The van der Waals surface area contributed by atoms with Crippen molar-refractivity contribution in [2.24, 2.45) is 17.1 Å². The Morgan fingerprint density at radius 3 is 2.64 bits per heavy atom. The van der Waals surface area contributed by atoms with Gasteiger partial charge in [0.1, 0.15) is 0 Å². The molecule has 0 aromatic rings. The summed E-state index contributed by atoms with van der Waals surface area (Å²) in [6.45, 7) is 6.98. The molecule has 0 bridgehead atoms. The molecule has 0 aliphatic heterocycles. The Bertz CT molecular complexity index is 133. The van der Waals surface area contributed by atoms with Crippen molar-refractivity contribution >= 4 is 0 Å². The van der Waals surface area contributed by atoms with E-state index < -0.39 is 0 Å². The molecule has 1 saturated carbocycles. The fourth-order valence-corrected chi connectivity index (χ4v) is 2.15. The van der Waals surface area contributed by atoms with Gasteiger partial charge >= 0.3 is 0 Å². The smallest absolute Gasteiger partial charge is 0.00649 e. The van der Waals surface area contributed by atoms with Crippen LogP contribution in [0.25, 0.3) is 0 Å². The average Bonchev–Trinajstić information content (AvgIpc) is 1.98. The van der Waals surface area contributed by atoms with Crippen LogP contribution in [0.15, 0.2) is 0 Å². The lowest BCUT2D eigenvalue weighted by Crippen LogP contribution is -2.38. The molecule has 0 aromatic carbocycles. The van der Waals surface area contributed by atoms with E-state index in [1.165, 1.54) is 25.7 Å². The molecular weight excluding hydrogens is 134 g/mol. The van der Waals surface area contributed by atoms with Crippen molar-refractivity contribution < 1.29 is 0 Å². The first kappa shape index (κ1) is 9.05. The number of rotatable bonds is 1. The Hall–Kier alpha value is -0.0400. The number of nitrogens with two attached hydrogens (primary N) is 1. The van der Waals surface area contributed by atoms with Gasteiger partial charge in [-0.25, -0.2) is 0 Å². The molecule has 1 aliphatic carbocycles. The maximum atomic E-state index is 5.95. The Kier molecular flexibility index (Phi) is 2.58. The third-order valence-corrected chi connectivity index (χ3v) is 3.48. The molecule has 0 radical (unpaired) electrons. The van der Waals surface area contributed by atoms with E-state index in [0.717, 1.165) is 5.92 Å². The van der Waals surface area contributed by atoms with Gasteiger partial charge in [-0.2, -0.15) is 0 Å². The van der Waals surface area contributed by atoms with Gasteiger partial charge in [0.05, 0.1) is 0 Å². The Morgan fingerprint density at radius 2 is 2.18 bits per heavy atom. The molecule has 66 valence electrons. The molecule has 0 amide bonds. The van der Waals surface area contributed by atoms with Gasteiger partial charge in [-0.3, -0.25) is 0 Å². The van der Waals surface area contributed by atoms with Crippen molar-refractivity contribution in [1.29, 1.82) is 0 Å². The first-order valence-corrected chi connectivity index (χ1v) is 4.83. The van der Waals surface area contributed by atoms with Crippen LogP contribution >= 0.6 is 0 Å². The molecule has 0 aromatic heterocycles. The zero-order chi connectivity index (χ0) is 8.48. The molecular formula is C10H21N. The van der Waals surface area contributed by atoms with Crippen LogP contribution in [0.2, 0.25) is 0 Å². The summed E-state index contributed by atoms with van der Waals surface area (Å²) in [4.78, 5) is 0. The average molecular weight is 155 g/mol. The zero-order valence-electron chi connectivity index (χ0n) is 8.06. The second-order valence-corrected chi connectivity index (χ2v) is 4.55. The summed E-state index contributed by atoms with van der Waals surface area (Å²) in [6, 6.07) is 0.467. The monoisotopic (exact) mass is 155 g/mol. The highest BCUT2D eigenvalue weighted by atomic mass is 14.7. The molecule has 1 nitrogen and oxygen atoms in total. The first-order chi connectivity index (χ1) is 5.07. The van der Waals surface area contributed by atoms with Crippen LogP contribution < -0.4 is 5.73 Å². The second kappa shape index (κ2) is 3.14. The van der Waals surface area contributed by atoms with E-state index in [1.807, 2.05) is 0 Å². The highest BCUT2D eigenvalue weighted by molar-refractivity contribution is 4.86. The topological polar surface area (TPSA) is 26.0 Å². The van der Waals surface area contributed by atoms with Gasteiger partial charge in [-0.1, -0.05) is 27.2 Å². The predicted octanol–water partition coefficient (Wildman–Crippen LogP) is 2.55. The van der Waals surface area contributed by atoms with Gasteiger partial charge in [0.2, 0.25) is 0 Å². The molecule has 1 heteroatoms. The van der Waals surface area contributed by atoms with Crippen molar-refractivity contribution in [3.63, 3.8) is 0 Å². The molecule has 0 heterocycles. The van der Waals surface area contributed by atoms with Crippen LogP contribution in [0.4, 0.5) is 0 Å². The fraction of sp³-hybridized carbons (Fsp3) is 1.00. The Labute approximate surface area is 70.4 Å². The fourth-order valence-electron chi connectivity index (χ4n) is 2.15. The van der Waals surface area contributed by atoms with Gasteiger partial charge in [0, 0.05) is 6.04 Å². The lowest BCUT2D eigenvalue weighted by Gasteiger charge is -2.39. The molecule has 0 saturated heterocycles. The van der Waals surface area contributed by atoms with E-state index in [9.17, 15) is 0 Å². The third-order valence-electron chi connectivity index (χ3n) is 3.48. The summed E-state index contributed by atoms with van der Waals surface area (Å²) in [6.07, 6.45) is 5.19. The van der Waals surface area contributed by atoms with Crippen molar-refractivity contribution in [3.05, 3.63) is 0 Å². The van der Waals surface area contributed by atoms with Gasteiger partial charge < -0.3 is 5.73 Å². The predicted molar refractivity (Wildman–Crippen MR) is 49.4 cm³/mol. The highest BCUT2D eigenvalue weighted by Crippen LogP contribution is 2.40. The summed E-state index contributed by atoms with van der Waals surface area (Å²) in [5.74, 6) is 0.730. The number of hydrogen-bond acceptors (Lipinski definition) is 1. The van der Waals surface area contributed by atoms with Crippen LogP contribution in [0.3, 0.4) is 0 Å². The van der Waals surface area contributed by atoms with Gasteiger partial charge in [-0.15, -0.1) is 0 Å². The molecule has 2 N–H and O–H groups in total. The minimum Gasteiger partial charge on any atom is -0.327 e. The molecule has 0 spiro atoms. The lowest BCUT2D eigenvalue weighted by atomic mass is 9.68. The second-order valence-electron chi connectivity index (χ2n) is 4.55. The molecule has 3 unspecified atom stereocenters. The molecule has 1 aliphatic rings. The summed E-state index contributed by atoms with van der Waals surface area (Å²) in [5, 5.41) is 0. The maximum absolute atomic E-state index is 5.95. The van der Waals surface area contributed by atoms with E-state index in [0.29, 0.717) is 11.5 Å². The summed E-state index contributed by atoms with van der Waals surface area (Å²) in [5.41, 5.74) is 6.55. The van der Waals surface area contributed by atoms with Gasteiger partial charge in [-0.05, 0) is 30.6 Å². The van der Waals surface area contributed by atoms with Crippen molar-refractivity contribution in [2.75, 3.05) is 0 Å². The SMILES string of the molecule is CCC1(C)CCC(N)C(C)C1. The summed E-state index contributed by atoms with van der Waals surface area (Å²) in [7, 11) is 0. The molecule has 11 heavy (non-hydrogen) atoms. The van der Waals surface area contributed by atoms with E-state index >= 15 is 0 Å². The Morgan fingerprint density at radius 1 is 1.55 bits per heavy atom. The minimum absolute atomic E-state index is 0.467. The van der Waals surface area contributed by atoms with Crippen LogP contribution in [0.1, 0.15) is 46.5 Å². The highest BCUT2D eigenvalue weighted by Gasteiger charge is 2.32. The summed E-state index contributed by atoms with van der Waals surface area (Å²) >= 11 is 0. The van der Waals surface area contributed by atoms with Crippen LogP contribution in [0.5, 0.6) is 0 Å². The molecule has 3 atom stereocenters. The zero-order valence-corrected chi connectivity index (χ0v) is 8.06. The standard InChI is InChI=1S/C10H21N/c1-4-10(3)6-5-9(11)8(2)7-10/h8-9H,4-7,11H2,1-3H3. The normalized spacial score (nSPS) is 45.8. The van der Waals surface area contributed by atoms with Crippen molar-refractivity contribution in [3.8, 4) is 0 Å². The van der Waals surface area contributed by atoms with Crippen LogP contribution in [-0.2, 0) is 0 Å². The van der Waals surface area contributed by atoms with E-state index in [-0.39, 0.29) is 0 Å². The van der Waals surface area contributed by atoms with Gasteiger partial charge in [0.25, 0.3) is 0 Å². The quantitative estimate of drug-likeness (QED) is 0.618. The lowest BCUT2D eigenvalue weighted by molar-refractivity contribution is 0.143. The molecule has 1 fully saturated rings. The van der Waals surface area contributed by atoms with E-state index in [2.05, 4.69) is 20.8 Å². The van der Waals surface area contributed by atoms with Gasteiger partial charge in [0.15, 0.2) is 0 Å². The van der Waals surface area contributed by atoms with E-state index in [1.54, 1.807) is 0 Å². The van der Waals surface area contributed by atoms with Crippen LogP contribution in [-0.4, -0.2) is 6.04 Å². The third kappa shape index (κ3) is 1.96. The minimum atomic E-state index is 0.467. The largest absolute Gasteiger partial charge is 0.327 e. The summed E-state index contributed by atoms with van der Waals surface area (Å²) < 4.78 is 0. The van der Waals surface area contributed by atoms with E-state index in [4.69, 9.17) is 5.73 Å². The maximum Gasteiger partial charge on any atom is 0.00649 e. The Balaban J connectivity index is 2.51. The van der Waals surface area contributed by atoms with Crippen LogP contribution in [0, 0.1) is 11.3 Å². The first-order valence-electron chi connectivity index (χ1n) is 4.83.